The van der Waals surface area contributed by atoms with E-state index >= 15 is 0 Å². The molecule has 42 valence electrons. The van der Waals surface area contributed by atoms with Crippen LogP contribution in [-0.2, 0) is 0 Å². The fourth-order valence-electron chi connectivity index (χ4n) is 0.371. The number of imidazole rings is 1. The second-order valence-corrected chi connectivity index (χ2v) is 2.30. The molecule has 0 bridgehead atoms. The summed E-state index contributed by atoms with van der Waals surface area (Å²) in [4.78, 5) is 16.5. The molecule has 0 aliphatic carbocycles. The van der Waals surface area contributed by atoms with Gasteiger partial charge in [0.05, 0.1) is 6.33 Å². The van der Waals surface area contributed by atoms with Crippen LogP contribution in [0.3, 0.4) is 0 Å². The van der Waals surface area contributed by atoms with Gasteiger partial charge in [-0.2, -0.15) is 0 Å². The number of H-pyrrole nitrogens is 1. The molecule has 1 aromatic rings. The van der Waals surface area contributed by atoms with Crippen molar-refractivity contribution in [3.8, 4) is 0 Å². The van der Waals surface area contributed by atoms with Crippen LogP contribution in [0.5, 0.6) is 0 Å². The van der Waals surface area contributed by atoms with Crippen LogP contribution in [0, 0.1) is 3.70 Å². The number of nitrogens with one attached hydrogen (secondary N) is 1. The second-order valence-electron chi connectivity index (χ2n) is 1.22. The lowest BCUT2D eigenvalue weighted by Gasteiger charge is -1.75. The Labute approximate surface area is 59.6 Å². The average Bonchev–Trinajstić information content (AvgIpc) is 2.14. The maximum Gasteiger partial charge on any atom is 0.171 e. The van der Waals surface area contributed by atoms with Gasteiger partial charge in [0, 0.05) is 0 Å². The zero-order valence-electron chi connectivity index (χ0n) is 3.89. The standard InChI is InChI=1S/C4H3IN2O/c5-4-3(1-8)6-2-7-4/h1-2H,(H,6,7). The van der Waals surface area contributed by atoms with Gasteiger partial charge in [-0.15, -0.1) is 0 Å². The number of hydrogen-bond acceptors (Lipinski definition) is 2. The van der Waals surface area contributed by atoms with Crippen molar-refractivity contribution in [1.82, 2.24) is 9.97 Å². The Balaban J connectivity index is 3.09. The largest absolute Gasteiger partial charge is 0.339 e. The number of carbonyl (C=O) groups is 1. The number of rotatable bonds is 1. The number of hydrogen-bond donors (Lipinski definition) is 1. The Kier molecular flexibility index (Phi) is 1.62. The average molecular weight is 222 g/mol. The molecule has 1 heterocycles. The van der Waals surface area contributed by atoms with Gasteiger partial charge in [-0.3, -0.25) is 4.79 Å². The first kappa shape index (κ1) is 5.74. The fourth-order valence-corrected chi connectivity index (χ4v) is 0.777. The number of aromatic nitrogens is 2. The van der Waals surface area contributed by atoms with Gasteiger partial charge in [0.2, 0.25) is 0 Å². The summed E-state index contributed by atoms with van der Waals surface area (Å²) in [6.07, 6.45) is 2.21. The monoisotopic (exact) mass is 222 g/mol. The minimum atomic E-state index is 0.477. The lowest BCUT2D eigenvalue weighted by molar-refractivity contribution is 0.111. The molecule has 0 spiro atoms. The van der Waals surface area contributed by atoms with Crippen molar-refractivity contribution in [2.24, 2.45) is 0 Å². The van der Waals surface area contributed by atoms with Crippen LogP contribution in [0.2, 0.25) is 0 Å². The molecule has 0 aliphatic rings. The number of nitrogens with zero attached hydrogens (tertiary/aromatic N) is 1. The van der Waals surface area contributed by atoms with Gasteiger partial charge in [0.15, 0.2) is 6.29 Å². The van der Waals surface area contributed by atoms with Gasteiger partial charge in [0.25, 0.3) is 0 Å². The fraction of sp³-hybridized carbons (Fsp3) is 0. The molecule has 4 heteroatoms. The smallest absolute Gasteiger partial charge is 0.171 e. The molecule has 0 saturated heterocycles. The lowest BCUT2D eigenvalue weighted by Crippen LogP contribution is -1.80. The number of halogens is 1. The molecule has 8 heavy (non-hydrogen) atoms. The number of carbonyl (C=O) groups excluding carboxylic acids is 1. The van der Waals surface area contributed by atoms with Crippen LogP contribution < -0.4 is 0 Å². The SMILES string of the molecule is O=Cc1nc[nH]c1I. The molecule has 1 rings (SSSR count). The summed E-state index contributed by atoms with van der Waals surface area (Å²) in [6, 6.07) is 0. The Hall–Kier alpha value is -0.390. The molecule has 0 amide bonds. The van der Waals surface area contributed by atoms with E-state index in [1.807, 2.05) is 22.6 Å². The zero-order chi connectivity index (χ0) is 5.98. The van der Waals surface area contributed by atoms with Crippen molar-refractivity contribution in [2.75, 3.05) is 0 Å². The minimum Gasteiger partial charge on any atom is -0.339 e. The molecule has 0 unspecified atom stereocenters. The predicted molar refractivity (Wildman–Crippen MR) is 36.7 cm³/mol. The van der Waals surface area contributed by atoms with Gasteiger partial charge in [-0.1, -0.05) is 0 Å². The Morgan fingerprint density at radius 2 is 2.62 bits per heavy atom. The molecule has 0 saturated carbocycles. The van der Waals surface area contributed by atoms with Crippen LogP contribution in [0.15, 0.2) is 6.33 Å². The third-order valence-electron chi connectivity index (χ3n) is 0.731. The Morgan fingerprint density at radius 3 is 2.88 bits per heavy atom. The summed E-state index contributed by atoms with van der Waals surface area (Å²) in [5.41, 5.74) is 0.477. The van der Waals surface area contributed by atoms with E-state index in [0.29, 0.717) is 5.69 Å². The van der Waals surface area contributed by atoms with Crippen molar-refractivity contribution in [1.29, 1.82) is 0 Å². The van der Waals surface area contributed by atoms with Crippen LogP contribution >= 0.6 is 22.6 Å². The first-order valence-corrected chi connectivity index (χ1v) is 3.06. The maximum atomic E-state index is 10.0. The Bertz CT molecular complexity index is 196. The summed E-state index contributed by atoms with van der Waals surface area (Å²) in [5.74, 6) is 0. The summed E-state index contributed by atoms with van der Waals surface area (Å²) in [6.45, 7) is 0. The van der Waals surface area contributed by atoms with E-state index in [-0.39, 0.29) is 0 Å². The van der Waals surface area contributed by atoms with Crippen LogP contribution in [0.4, 0.5) is 0 Å². The van der Waals surface area contributed by atoms with E-state index in [1.54, 1.807) is 0 Å². The summed E-state index contributed by atoms with van der Waals surface area (Å²) in [5, 5.41) is 0. The first-order valence-electron chi connectivity index (χ1n) is 1.98. The zero-order valence-corrected chi connectivity index (χ0v) is 6.05. The second kappa shape index (κ2) is 2.25. The minimum absolute atomic E-state index is 0.477. The number of aldehydes is 1. The van der Waals surface area contributed by atoms with Crippen LogP contribution in [0.1, 0.15) is 10.5 Å². The molecule has 0 aromatic carbocycles. The molecule has 0 fully saturated rings. The lowest BCUT2D eigenvalue weighted by atomic mass is 10.6. The van der Waals surface area contributed by atoms with Gasteiger partial charge in [-0.05, 0) is 22.6 Å². The van der Waals surface area contributed by atoms with Crippen molar-refractivity contribution in [3.63, 3.8) is 0 Å². The van der Waals surface area contributed by atoms with E-state index < -0.39 is 0 Å². The van der Waals surface area contributed by atoms with Crippen LogP contribution in [-0.4, -0.2) is 16.3 Å². The predicted octanol–water partition coefficient (Wildman–Crippen LogP) is 0.827. The molecule has 0 aliphatic heterocycles. The highest BCUT2D eigenvalue weighted by Gasteiger charge is 1.96. The summed E-state index contributed by atoms with van der Waals surface area (Å²) >= 11 is 2.01. The first-order chi connectivity index (χ1) is 3.84. The van der Waals surface area contributed by atoms with Gasteiger partial charge >= 0.3 is 0 Å². The highest BCUT2D eigenvalue weighted by Crippen LogP contribution is 2.01. The van der Waals surface area contributed by atoms with Crippen molar-refractivity contribution < 1.29 is 4.79 Å². The van der Waals surface area contributed by atoms with Crippen LogP contribution in [0.25, 0.3) is 0 Å². The van der Waals surface area contributed by atoms with E-state index in [9.17, 15) is 4.79 Å². The molecule has 1 aromatic heterocycles. The van der Waals surface area contributed by atoms with Crippen molar-refractivity contribution >= 4 is 28.9 Å². The van der Waals surface area contributed by atoms with Gasteiger partial charge in [-0.25, -0.2) is 4.98 Å². The Morgan fingerprint density at radius 1 is 1.88 bits per heavy atom. The quantitative estimate of drug-likeness (QED) is 0.564. The summed E-state index contributed by atoms with van der Waals surface area (Å²) < 4.78 is 0.789. The van der Waals surface area contributed by atoms with Crippen molar-refractivity contribution in [3.05, 3.63) is 15.7 Å². The van der Waals surface area contributed by atoms with E-state index in [0.717, 1.165) is 9.99 Å². The normalized spacial score (nSPS) is 9.12. The maximum absolute atomic E-state index is 10.0. The third kappa shape index (κ3) is 0.885. The molecule has 3 nitrogen and oxygen atoms in total. The van der Waals surface area contributed by atoms with Crippen molar-refractivity contribution in [2.45, 2.75) is 0 Å². The topological polar surface area (TPSA) is 45.8 Å². The molecular formula is C4H3IN2O. The highest BCUT2D eigenvalue weighted by molar-refractivity contribution is 14.1. The summed E-state index contributed by atoms with van der Waals surface area (Å²) in [7, 11) is 0. The molecule has 0 atom stereocenters. The molecule has 1 N–H and O–H groups in total. The highest BCUT2D eigenvalue weighted by atomic mass is 127. The number of aromatic amines is 1. The third-order valence-corrected chi connectivity index (χ3v) is 1.60. The van der Waals surface area contributed by atoms with Gasteiger partial charge < -0.3 is 4.98 Å². The van der Waals surface area contributed by atoms with Gasteiger partial charge in [0.1, 0.15) is 9.39 Å². The molecular weight excluding hydrogens is 219 g/mol. The van der Waals surface area contributed by atoms with E-state index in [4.69, 9.17) is 0 Å². The van der Waals surface area contributed by atoms with E-state index in [2.05, 4.69) is 9.97 Å². The molecule has 0 radical (unpaired) electrons. The van der Waals surface area contributed by atoms with E-state index in [1.165, 1.54) is 6.33 Å².